The number of rotatable bonds is 6. The molecule has 0 saturated carbocycles. The second kappa shape index (κ2) is 6.36. The summed E-state index contributed by atoms with van der Waals surface area (Å²) >= 11 is 0. The lowest BCUT2D eigenvalue weighted by Crippen LogP contribution is -2.33. The molecule has 0 bridgehead atoms. The second-order valence-corrected chi connectivity index (χ2v) is 4.68. The highest BCUT2D eigenvalue weighted by molar-refractivity contribution is 5.86. The maximum Gasteiger partial charge on any atom is 0.228 e. The molecule has 0 fully saturated rings. The third kappa shape index (κ3) is 3.13. The summed E-state index contributed by atoms with van der Waals surface area (Å²) in [4.78, 5) is 14.2. The lowest BCUT2D eigenvalue weighted by atomic mass is 10.1. The highest BCUT2D eigenvalue weighted by Gasteiger charge is 2.16. The van der Waals surface area contributed by atoms with Crippen LogP contribution in [0.2, 0.25) is 0 Å². The number of benzene rings is 1. The molecule has 4 heteroatoms. The van der Waals surface area contributed by atoms with Gasteiger partial charge < -0.3 is 9.42 Å². The van der Waals surface area contributed by atoms with Gasteiger partial charge in [-0.25, -0.2) is 0 Å². The summed E-state index contributed by atoms with van der Waals surface area (Å²) in [5.41, 5.74) is 1.47. The molecule has 4 nitrogen and oxygen atoms in total. The van der Waals surface area contributed by atoms with E-state index in [0.29, 0.717) is 6.42 Å². The van der Waals surface area contributed by atoms with E-state index in [-0.39, 0.29) is 5.91 Å². The number of para-hydroxylation sites is 1. The third-order valence-corrected chi connectivity index (χ3v) is 3.11. The molecule has 19 heavy (non-hydrogen) atoms. The summed E-state index contributed by atoms with van der Waals surface area (Å²) in [7, 11) is 0. The zero-order valence-corrected chi connectivity index (χ0v) is 11.6. The minimum atomic E-state index is 0.128. The Labute approximate surface area is 113 Å². The Hall–Kier alpha value is -1.84. The lowest BCUT2D eigenvalue weighted by Gasteiger charge is -2.20. The maximum absolute atomic E-state index is 12.3. The fourth-order valence-corrected chi connectivity index (χ4v) is 2.22. The molecule has 0 spiro atoms. The van der Waals surface area contributed by atoms with E-state index in [0.717, 1.165) is 42.6 Å². The molecule has 1 aromatic heterocycles. The molecule has 0 unspecified atom stereocenters. The van der Waals surface area contributed by atoms with Crippen molar-refractivity contribution in [3.8, 4) is 0 Å². The second-order valence-electron chi connectivity index (χ2n) is 4.68. The SMILES string of the molecule is CCCN(CCC)C(=O)Cc1noc2ccccc12. The van der Waals surface area contributed by atoms with Crippen molar-refractivity contribution in [3.05, 3.63) is 30.0 Å². The molecule has 0 radical (unpaired) electrons. The minimum absolute atomic E-state index is 0.128. The molecule has 2 aromatic rings. The van der Waals surface area contributed by atoms with Crippen molar-refractivity contribution in [1.29, 1.82) is 0 Å². The molecule has 102 valence electrons. The van der Waals surface area contributed by atoms with Gasteiger partial charge in [0, 0.05) is 18.5 Å². The topological polar surface area (TPSA) is 46.3 Å². The van der Waals surface area contributed by atoms with Crippen LogP contribution in [0.3, 0.4) is 0 Å². The molecule has 0 N–H and O–H groups in total. The summed E-state index contributed by atoms with van der Waals surface area (Å²) in [6.45, 7) is 5.79. The lowest BCUT2D eigenvalue weighted by molar-refractivity contribution is -0.130. The van der Waals surface area contributed by atoms with E-state index in [9.17, 15) is 4.79 Å². The van der Waals surface area contributed by atoms with Gasteiger partial charge in [0.1, 0.15) is 5.69 Å². The van der Waals surface area contributed by atoms with Crippen LogP contribution in [-0.4, -0.2) is 29.1 Å². The first-order valence-electron chi connectivity index (χ1n) is 6.87. The summed E-state index contributed by atoms with van der Waals surface area (Å²) < 4.78 is 5.23. The van der Waals surface area contributed by atoms with Crippen molar-refractivity contribution < 1.29 is 9.32 Å². The van der Waals surface area contributed by atoms with Crippen LogP contribution in [0, 0.1) is 0 Å². The third-order valence-electron chi connectivity index (χ3n) is 3.11. The predicted octanol–water partition coefficient (Wildman–Crippen LogP) is 3.02. The molecule has 0 aliphatic heterocycles. The van der Waals surface area contributed by atoms with Crippen molar-refractivity contribution in [1.82, 2.24) is 10.1 Å². The molecular formula is C15H20N2O2. The van der Waals surface area contributed by atoms with E-state index < -0.39 is 0 Å². The van der Waals surface area contributed by atoms with E-state index in [4.69, 9.17) is 4.52 Å². The van der Waals surface area contributed by atoms with Crippen molar-refractivity contribution in [2.24, 2.45) is 0 Å². The largest absolute Gasteiger partial charge is 0.356 e. The van der Waals surface area contributed by atoms with Crippen LogP contribution < -0.4 is 0 Å². The average Bonchev–Trinajstić information content (AvgIpc) is 2.82. The van der Waals surface area contributed by atoms with Crippen LogP contribution in [0.4, 0.5) is 0 Å². The number of hydrogen-bond acceptors (Lipinski definition) is 3. The van der Waals surface area contributed by atoms with E-state index >= 15 is 0 Å². The van der Waals surface area contributed by atoms with E-state index in [1.807, 2.05) is 29.2 Å². The molecule has 1 aromatic carbocycles. The first-order chi connectivity index (χ1) is 9.26. The number of nitrogens with zero attached hydrogens (tertiary/aromatic N) is 2. The van der Waals surface area contributed by atoms with Gasteiger partial charge >= 0.3 is 0 Å². The number of hydrogen-bond donors (Lipinski definition) is 0. The van der Waals surface area contributed by atoms with Crippen molar-refractivity contribution >= 4 is 16.9 Å². The van der Waals surface area contributed by atoms with Crippen molar-refractivity contribution in [3.63, 3.8) is 0 Å². The fraction of sp³-hybridized carbons (Fsp3) is 0.467. The number of carbonyl (C=O) groups excluding carboxylic acids is 1. The quantitative estimate of drug-likeness (QED) is 0.802. The van der Waals surface area contributed by atoms with Gasteiger partial charge in [-0.3, -0.25) is 4.79 Å². The Morgan fingerprint density at radius 3 is 2.58 bits per heavy atom. The molecule has 1 heterocycles. The fourth-order valence-electron chi connectivity index (χ4n) is 2.22. The monoisotopic (exact) mass is 260 g/mol. The molecule has 0 aliphatic carbocycles. The summed E-state index contributed by atoms with van der Waals surface area (Å²) in [5, 5.41) is 4.95. The molecular weight excluding hydrogens is 240 g/mol. The van der Waals surface area contributed by atoms with Gasteiger partial charge in [0.05, 0.1) is 6.42 Å². The van der Waals surface area contributed by atoms with Gasteiger partial charge in [-0.1, -0.05) is 31.1 Å². The van der Waals surface area contributed by atoms with Gasteiger partial charge in [0.2, 0.25) is 5.91 Å². The van der Waals surface area contributed by atoms with Gasteiger partial charge in [-0.05, 0) is 25.0 Å². The molecule has 0 saturated heterocycles. The smallest absolute Gasteiger partial charge is 0.228 e. The Balaban J connectivity index is 2.13. The van der Waals surface area contributed by atoms with Gasteiger partial charge in [0.25, 0.3) is 0 Å². The van der Waals surface area contributed by atoms with Gasteiger partial charge in [-0.15, -0.1) is 0 Å². The van der Waals surface area contributed by atoms with Crippen molar-refractivity contribution in [2.45, 2.75) is 33.1 Å². The predicted molar refractivity (Wildman–Crippen MR) is 74.9 cm³/mol. The average molecular weight is 260 g/mol. The first kappa shape index (κ1) is 13.6. The Kier molecular flexibility index (Phi) is 4.55. The van der Waals surface area contributed by atoms with Crippen LogP contribution in [0.5, 0.6) is 0 Å². The van der Waals surface area contributed by atoms with Crippen LogP contribution in [-0.2, 0) is 11.2 Å². The highest BCUT2D eigenvalue weighted by atomic mass is 16.5. The summed E-state index contributed by atoms with van der Waals surface area (Å²) in [5.74, 6) is 0.128. The Bertz CT molecular complexity index is 542. The highest BCUT2D eigenvalue weighted by Crippen LogP contribution is 2.18. The maximum atomic E-state index is 12.3. The van der Waals surface area contributed by atoms with E-state index in [1.165, 1.54) is 0 Å². The van der Waals surface area contributed by atoms with Crippen LogP contribution in [0.1, 0.15) is 32.4 Å². The number of carbonyl (C=O) groups is 1. The zero-order chi connectivity index (χ0) is 13.7. The Morgan fingerprint density at radius 1 is 1.21 bits per heavy atom. The molecule has 1 amide bonds. The summed E-state index contributed by atoms with van der Waals surface area (Å²) in [6, 6.07) is 7.65. The van der Waals surface area contributed by atoms with E-state index in [2.05, 4.69) is 19.0 Å². The summed E-state index contributed by atoms with van der Waals surface area (Å²) in [6.07, 6.45) is 2.27. The van der Waals surface area contributed by atoms with Crippen LogP contribution in [0.25, 0.3) is 11.0 Å². The number of fused-ring (bicyclic) bond motifs is 1. The molecule has 0 atom stereocenters. The number of aromatic nitrogens is 1. The zero-order valence-electron chi connectivity index (χ0n) is 11.6. The van der Waals surface area contributed by atoms with Crippen molar-refractivity contribution in [2.75, 3.05) is 13.1 Å². The van der Waals surface area contributed by atoms with E-state index in [1.54, 1.807) is 0 Å². The first-order valence-corrected chi connectivity index (χ1v) is 6.87. The number of amides is 1. The standard InChI is InChI=1S/C15H20N2O2/c1-3-9-17(10-4-2)15(18)11-13-12-7-5-6-8-14(12)19-16-13/h5-8H,3-4,9-11H2,1-2H3. The van der Waals surface area contributed by atoms with Crippen LogP contribution >= 0.6 is 0 Å². The Morgan fingerprint density at radius 2 is 1.89 bits per heavy atom. The van der Waals surface area contributed by atoms with Crippen LogP contribution in [0.15, 0.2) is 28.8 Å². The normalized spacial score (nSPS) is 10.8. The van der Waals surface area contributed by atoms with Gasteiger partial charge in [-0.2, -0.15) is 0 Å². The molecule has 2 rings (SSSR count). The van der Waals surface area contributed by atoms with Gasteiger partial charge in [0.15, 0.2) is 5.58 Å². The minimum Gasteiger partial charge on any atom is -0.356 e. The molecule has 0 aliphatic rings.